The molecule has 0 aliphatic heterocycles. The van der Waals surface area contributed by atoms with Crippen molar-refractivity contribution in [2.45, 2.75) is 31.1 Å². The first-order valence-corrected chi connectivity index (χ1v) is 12.5. The number of benzene rings is 2. The molecule has 0 heterocycles. The second-order valence-corrected chi connectivity index (χ2v) is 8.93. The minimum atomic E-state index is -4.48. The van der Waals surface area contributed by atoms with Gasteiger partial charge in [0, 0.05) is 17.4 Å². The second kappa shape index (κ2) is 12.9. The second-order valence-electron chi connectivity index (χ2n) is 7.58. The quantitative estimate of drug-likeness (QED) is 0.260. The molecule has 0 spiro atoms. The number of carbonyl (C=O) groups is 2. The molecule has 0 fully saturated rings. The van der Waals surface area contributed by atoms with Gasteiger partial charge in [0.05, 0.1) is 5.56 Å². The third kappa shape index (κ3) is 8.11. The Morgan fingerprint density at radius 2 is 1.88 bits per heavy atom. The van der Waals surface area contributed by atoms with Crippen molar-refractivity contribution in [3.8, 4) is 11.1 Å². The fourth-order valence-corrected chi connectivity index (χ4v) is 3.76. The number of carboxylic acid groups (broad SMARTS) is 1. The van der Waals surface area contributed by atoms with Gasteiger partial charge in [-0.15, -0.1) is 0 Å². The Bertz CT molecular complexity index is 1010. The van der Waals surface area contributed by atoms with Crippen LogP contribution in [0.15, 0.2) is 54.6 Å². The van der Waals surface area contributed by atoms with Gasteiger partial charge in [-0.2, -0.15) is 37.6 Å². The van der Waals surface area contributed by atoms with Crippen molar-refractivity contribution in [2.75, 3.05) is 17.8 Å². The highest BCUT2D eigenvalue weighted by Crippen LogP contribution is 2.32. The first-order chi connectivity index (χ1) is 16.1. The first-order valence-electron chi connectivity index (χ1n) is 10.4. The van der Waals surface area contributed by atoms with Crippen molar-refractivity contribution >= 4 is 36.3 Å². The number of thiol groups is 1. The molecule has 0 aromatic heterocycles. The van der Waals surface area contributed by atoms with Gasteiger partial charge in [0.2, 0.25) is 0 Å². The number of halogens is 3. The Kier molecular flexibility index (Phi) is 10.5. The number of alkyl halides is 3. The van der Waals surface area contributed by atoms with Crippen LogP contribution in [0, 0.1) is 0 Å². The average molecular weight is 513 g/mol. The summed E-state index contributed by atoms with van der Waals surface area (Å²) in [5.41, 5.74) is 6.77. The van der Waals surface area contributed by atoms with Gasteiger partial charge in [-0.05, 0) is 59.7 Å². The van der Waals surface area contributed by atoms with E-state index in [9.17, 15) is 27.9 Å². The molecule has 0 bridgehead atoms. The number of thioether (sulfide) groups is 1. The van der Waals surface area contributed by atoms with Crippen LogP contribution in [-0.4, -0.2) is 46.8 Å². The maximum absolute atomic E-state index is 13.1. The third-order valence-electron chi connectivity index (χ3n) is 5.01. The summed E-state index contributed by atoms with van der Waals surface area (Å²) in [6.07, 6.45) is 1.69. The molecule has 34 heavy (non-hydrogen) atoms. The molecule has 0 aliphatic carbocycles. The van der Waals surface area contributed by atoms with Crippen molar-refractivity contribution in [3.63, 3.8) is 0 Å². The molecule has 2 atom stereocenters. The lowest BCUT2D eigenvalue weighted by atomic mass is 9.95. The molecule has 0 aliphatic rings. The van der Waals surface area contributed by atoms with E-state index >= 15 is 0 Å². The van der Waals surface area contributed by atoms with E-state index < -0.39 is 29.7 Å². The number of nitrogens with two attached hydrogens (primary N) is 1. The van der Waals surface area contributed by atoms with Gasteiger partial charge < -0.3 is 16.2 Å². The third-order valence-corrected chi connectivity index (χ3v) is 6.08. The molecular weight excluding hydrogens is 485 g/mol. The first kappa shape index (κ1) is 27.8. The Morgan fingerprint density at radius 3 is 2.44 bits per heavy atom. The number of allylic oxidation sites excluding steroid dienone is 1. The number of carbonyl (C=O) groups excluding carboxylic acids is 1. The van der Waals surface area contributed by atoms with Crippen molar-refractivity contribution in [3.05, 3.63) is 71.3 Å². The summed E-state index contributed by atoms with van der Waals surface area (Å²) in [7, 11) is 0. The Morgan fingerprint density at radius 1 is 1.21 bits per heavy atom. The molecule has 184 valence electrons. The molecule has 2 aromatic carbocycles. The van der Waals surface area contributed by atoms with Crippen LogP contribution in [0.25, 0.3) is 11.1 Å². The monoisotopic (exact) mass is 512 g/mol. The van der Waals surface area contributed by atoms with Crippen molar-refractivity contribution < 1.29 is 27.9 Å². The average Bonchev–Trinajstić information content (AvgIpc) is 2.80. The summed E-state index contributed by atoms with van der Waals surface area (Å²) in [4.78, 5) is 24.7. The van der Waals surface area contributed by atoms with Gasteiger partial charge in [-0.25, -0.2) is 4.79 Å². The predicted octanol–water partition coefficient (Wildman–Crippen LogP) is 4.66. The van der Waals surface area contributed by atoms with Crippen molar-refractivity contribution in [2.24, 2.45) is 5.73 Å². The summed E-state index contributed by atoms with van der Waals surface area (Å²) in [5, 5.41) is 12.0. The number of hydrogen-bond acceptors (Lipinski definition) is 5. The lowest BCUT2D eigenvalue weighted by Gasteiger charge is -2.17. The lowest BCUT2D eigenvalue weighted by Crippen LogP contribution is -2.41. The number of carboxylic acids is 1. The Balaban J connectivity index is 2.43. The van der Waals surface area contributed by atoms with E-state index in [1.54, 1.807) is 24.3 Å². The minimum Gasteiger partial charge on any atom is -0.480 e. The van der Waals surface area contributed by atoms with Gasteiger partial charge in [-0.1, -0.05) is 36.4 Å². The van der Waals surface area contributed by atoms with Crippen LogP contribution >= 0.6 is 24.4 Å². The molecule has 4 N–H and O–H groups in total. The Labute approximate surface area is 206 Å². The number of nitrogens with one attached hydrogen (secondary N) is 1. The summed E-state index contributed by atoms with van der Waals surface area (Å²) in [6, 6.07) is 8.22. The summed E-state index contributed by atoms with van der Waals surface area (Å²) in [6.45, 7) is 0. The van der Waals surface area contributed by atoms with E-state index in [0.29, 0.717) is 29.1 Å². The summed E-state index contributed by atoms with van der Waals surface area (Å²) < 4.78 is 38.9. The van der Waals surface area contributed by atoms with Crippen molar-refractivity contribution in [1.82, 2.24) is 5.32 Å². The molecule has 10 heteroatoms. The van der Waals surface area contributed by atoms with E-state index in [2.05, 4.69) is 17.9 Å². The van der Waals surface area contributed by atoms with Gasteiger partial charge in [-0.3, -0.25) is 4.79 Å². The molecule has 2 rings (SSSR count). The zero-order chi connectivity index (χ0) is 25.3. The number of amides is 1. The molecule has 1 amide bonds. The van der Waals surface area contributed by atoms with Crippen LogP contribution in [0.4, 0.5) is 13.2 Å². The normalized spacial score (nSPS) is 13.6. The fraction of sp³-hybridized carbons (Fsp3) is 0.333. The number of hydrogen-bond donors (Lipinski definition) is 4. The van der Waals surface area contributed by atoms with Crippen LogP contribution in [0.1, 0.15) is 27.9 Å². The van der Waals surface area contributed by atoms with Crippen LogP contribution in [0.3, 0.4) is 0 Å². The molecule has 0 saturated carbocycles. The maximum atomic E-state index is 13.1. The molecule has 0 radical (unpaired) electrons. The summed E-state index contributed by atoms with van der Waals surface area (Å²) >= 11 is 5.58. The lowest BCUT2D eigenvalue weighted by molar-refractivity contribution is -0.139. The predicted molar refractivity (Wildman–Crippen MR) is 133 cm³/mol. The zero-order valence-corrected chi connectivity index (χ0v) is 20.2. The van der Waals surface area contributed by atoms with Crippen molar-refractivity contribution in [1.29, 1.82) is 0 Å². The highest BCUT2D eigenvalue weighted by molar-refractivity contribution is 7.98. The minimum absolute atomic E-state index is 0.180. The Hall–Kier alpha value is -2.43. The highest BCUT2D eigenvalue weighted by atomic mass is 32.2. The molecule has 1 unspecified atom stereocenters. The smallest absolute Gasteiger partial charge is 0.416 e. The molecule has 2 aromatic rings. The standard InChI is InChI=1S/C24H27F3N2O3S2/c1-34-12-11-21(23(31)32)29-22(30)20-13-15(3-2-4-18(28)14-33)5-10-19(20)16-6-8-17(9-7-16)24(25,26)27/h2,4-10,13,18,21,33H,3,11-12,14,28H2,1H3,(H,29,30)(H,31,32)/b4-2+/t18?,21-/m0/s1. The molecule has 5 nitrogen and oxygen atoms in total. The topological polar surface area (TPSA) is 92.4 Å². The van der Waals surface area contributed by atoms with Crippen LogP contribution in [0.5, 0.6) is 0 Å². The molecule has 0 saturated heterocycles. The SMILES string of the molecule is CSCC[C@H](NC(=O)c1cc(C/C=C/C(N)CS)ccc1-c1ccc(C(F)(F)F)cc1)C(=O)O. The maximum Gasteiger partial charge on any atom is 0.416 e. The molecular formula is C24H27F3N2O3S2. The zero-order valence-electron chi connectivity index (χ0n) is 18.5. The largest absolute Gasteiger partial charge is 0.480 e. The van der Waals surface area contributed by atoms with E-state index in [1.165, 1.54) is 23.9 Å². The van der Waals surface area contributed by atoms with Crippen LogP contribution in [-0.2, 0) is 17.4 Å². The van der Waals surface area contributed by atoms with E-state index in [1.807, 2.05) is 12.3 Å². The van der Waals surface area contributed by atoms with Gasteiger partial charge in [0.15, 0.2) is 0 Å². The van der Waals surface area contributed by atoms with E-state index in [4.69, 9.17) is 5.73 Å². The fourth-order valence-electron chi connectivity index (χ4n) is 3.17. The van der Waals surface area contributed by atoms with Gasteiger partial charge in [0.1, 0.15) is 6.04 Å². The van der Waals surface area contributed by atoms with Crippen LogP contribution < -0.4 is 11.1 Å². The number of rotatable bonds is 11. The van der Waals surface area contributed by atoms with Gasteiger partial charge in [0.25, 0.3) is 5.91 Å². The summed E-state index contributed by atoms with van der Waals surface area (Å²) in [5.74, 6) is -0.748. The van der Waals surface area contributed by atoms with Gasteiger partial charge >= 0.3 is 12.1 Å². The number of aliphatic carboxylic acids is 1. The highest BCUT2D eigenvalue weighted by Gasteiger charge is 2.30. The van der Waals surface area contributed by atoms with E-state index in [-0.39, 0.29) is 18.0 Å². The van der Waals surface area contributed by atoms with E-state index in [0.717, 1.165) is 17.7 Å². The van der Waals surface area contributed by atoms with Crippen LogP contribution in [0.2, 0.25) is 0 Å².